The summed E-state index contributed by atoms with van der Waals surface area (Å²) >= 11 is 1.66. The molecular weight excluding hydrogens is 334 g/mol. The maximum atomic E-state index is 12.6. The SMILES string of the molecule is CCOC(=O)C1=NN(c2ccccc2)C(c2cccs2)N1C(C)(C)C. The Morgan fingerprint density at radius 3 is 2.48 bits per heavy atom. The molecule has 0 aliphatic carbocycles. The highest BCUT2D eigenvalue weighted by Crippen LogP contribution is 2.41. The number of ether oxygens (including phenoxy) is 1. The van der Waals surface area contributed by atoms with Crippen LogP contribution in [0.4, 0.5) is 5.69 Å². The maximum Gasteiger partial charge on any atom is 0.376 e. The van der Waals surface area contributed by atoms with Crippen molar-refractivity contribution in [2.45, 2.75) is 39.4 Å². The number of rotatable bonds is 4. The molecule has 0 bridgehead atoms. The highest BCUT2D eigenvalue weighted by molar-refractivity contribution is 7.10. The third-order valence-corrected chi connectivity index (χ3v) is 4.82. The monoisotopic (exact) mass is 357 g/mol. The van der Waals surface area contributed by atoms with Crippen LogP contribution in [0.3, 0.4) is 0 Å². The van der Waals surface area contributed by atoms with Crippen LogP contribution >= 0.6 is 11.3 Å². The van der Waals surface area contributed by atoms with Crippen molar-refractivity contribution in [2.75, 3.05) is 11.6 Å². The molecule has 2 aromatic rings. The molecule has 1 aliphatic rings. The first-order valence-electron chi connectivity index (χ1n) is 8.36. The Kier molecular flexibility index (Phi) is 4.81. The number of carbonyl (C=O) groups excluding carboxylic acids is 1. The van der Waals surface area contributed by atoms with Gasteiger partial charge in [0.15, 0.2) is 6.17 Å². The lowest BCUT2D eigenvalue weighted by Gasteiger charge is -2.39. The van der Waals surface area contributed by atoms with E-state index in [2.05, 4.69) is 31.9 Å². The van der Waals surface area contributed by atoms with E-state index in [1.807, 2.05) is 51.7 Å². The fourth-order valence-corrected chi connectivity index (χ4v) is 3.71. The van der Waals surface area contributed by atoms with Gasteiger partial charge in [-0.3, -0.25) is 0 Å². The van der Waals surface area contributed by atoms with E-state index in [9.17, 15) is 4.79 Å². The molecule has 5 nitrogen and oxygen atoms in total. The van der Waals surface area contributed by atoms with Crippen molar-refractivity contribution in [1.82, 2.24) is 4.90 Å². The molecule has 6 heteroatoms. The largest absolute Gasteiger partial charge is 0.460 e. The average molecular weight is 357 g/mol. The van der Waals surface area contributed by atoms with Crippen molar-refractivity contribution in [3.63, 3.8) is 0 Å². The van der Waals surface area contributed by atoms with Crippen molar-refractivity contribution < 1.29 is 9.53 Å². The number of hydrogen-bond acceptors (Lipinski definition) is 6. The summed E-state index contributed by atoms with van der Waals surface area (Å²) in [6.45, 7) is 8.37. The molecule has 0 spiro atoms. The first-order chi connectivity index (χ1) is 11.9. The van der Waals surface area contributed by atoms with Gasteiger partial charge in [-0.25, -0.2) is 9.80 Å². The van der Waals surface area contributed by atoms with Crippen LogP contribution in [-0.2, 0) is 9.53 Å². The standard InChI is InChI=1S/C19H23N3O2S/c1-5-24-18(23)16-20-22(14-10-7-6-8-11-14)17(15-12-9-13-25-15)21(16)19(2,3)4/h6-13,17H,5H2,1-4H3. The van der Waals surface area contributed by atoms with Gasteiger partial charge in [0.1, 0.15) is 0 Å². The second-order valence-electron chi connectivity index (χ2n) is 6.75. The Balaban J connectivity index is 2.12. The Labute approximate surface area is 152 Å². The molecule has 2 heterocycles. The van der Waals surface area contributed by atoms with Crippen molar-refractivity contribution >= 4 is 28.8 Å². The van der Waals surface area contributed by atoms with Gasteiger partial charge in [-0.05, 0) is 51.3 Å². The molecule has 0 fully saturated rings. The van der Waals surface area contributed by atoms with Crippen LogP contribution < -0.4 is 5.01 Å². The van der Waals surface area contributed by atoms with E-state index in [-0.39, 0.29) is 11.7 Å². The van der Waals surface area contributed by atoms with Crippen LogP contribution in [0.2, 0.25) is 0 Å². The summed E-state index contributed by atoms with van der Waals surface area (Å²) in [6.07, 6.45) is -0.179. The van der Waals surface area contributed by atoms with Gasteiger partial charge < -0.3 is 9.64 Å². The van der Waals surface area contributed by atoms with Crippen LogP contribution in [0.1, 0.15) is 38.7 Å². The zero-order valence-electron chi connectivity index (χ0n) is 15.0. The van der Waals surface area contributed by atoms with Gasteiger partial charge in [0, 0.05) is 10.4 Å². The van der Waals surface area contributed by atoms with Gasteiger partial charge >= 0.3 is 5.97 Å². The highest BCUT2D eigenvalue weighted by atomic mass is 32.1. The van der Waals surface area contributed by atoms with Crippen LogP contribution in [0.15, 0.2) is 52.9 Å². The summed E-state index contributed by atoms with van der Waals surface area (Å²) in [5, 5.41) is 8.62. The van der Waals surface area contributed by atoms with Gasteiger partial charge in [0.05, 0.1) is 12.3 Å². The number of hydrogen-bond donors (Lipinski definition) is 0. The number of thiophene rings is 1. The number of para-hydroxylation sites is 1. The predicted octanol–water partition coefficient (Wildman–Crippen LogP) is 4.24. The molecule has 0 amide bonds. The molecular formula is C19H23N3O2S. The summed E-state index contributed by atoms with van der Waals surface area (Å²) in [5.41, 5.74) is 0.638. The van der Waals surface area contributed by atoms with E-state index in [0.717, 1.165) is 10.6 Å². The fourth-order valence-electron chi connectivity index (χ4n) is 2.92. The molecule has 3 rings (SSSR count). The molecule has 0 N–H and O–H groups in total. The number of anilines is 1. The molecule has 0 radical (unpaired) electrons. The van der Waals surface area contributed by atoms with Gasteiger partial charge in [0.2, 0.25) is 5.84 Å². The first kappa shape index (κ1) is 17.5. The van der Waals surface area contributed by atoms with Crippen LogP contribution in [0.25, 0.3) is 0 Å². The lowest BCUT2D eigenvalue weighted by Crippen LogP contribution is -2.49. The molecule has 1 aromatic heterocycles. The second-order valence-corrected chi connectivity index (χ2v) is 7.73. The molecule has 1 aromatic carbocycles. The normalized spacial score (nSPS) is 17.6. The van der Waals surface area contributed by atoms with E-state index < -0.39 is 5.97 Å². The molecule has 1 aliphatic heterocycles. The van der Waals surface area contributed by atoms with Crippen LogP contribution in [0.5, 0.6) is 0 Å². The zero-order chi connectivity index (χ0) is 18.0. The van der Waals surface area contributed by atoms with E-state index >= 15 is 0 Å². The van der Waals surface area contributed by atoms with Crippen molar-refractivity contribution in [1.29, 1.82) is 0 Å². The topological polar surface area (TPSA) is 45.1 Å². The Morgan fingerprint density at radius 2 is 1.92 bits per heavy atom. The van der Waals surface area contributed by atoms with E-state index in [1.54, 1.807) is 18.3 Å². The Bertz CT molecular complexity index is 751. The average Bonchev–Trinajstić information content (AvgIpc) is 3.22. The fraction of sp³-hybridized carbons (Fsp3) is 0.368. The summed E-state index contributed by atoms with van der Waals surface area (Å²) in [6, 6.07) is 14.0. The van der Waals surface area contributed by atoms with Gasteiger partial charge in [-0.15, -0.1) is 16.4 Å². The quantitative estimate of drug-likeness (QED) is 0.768. The molecule has 1 atom stereocenters. The number of hydrazone groups is 1. The maximum absolute atomic E-state index is 12.6. The van der Waals surface area contributed by atoms with Crippen molar-refractivity contribution in [3.8, 4) is 0 Å². The smallest absolute Gasteiger partial charge is 0.376 e. The van der Waals surface area contributed by atoms with Crippen LogP contribution in [-0.4, -0.2) is 28.9 Å². The summed E-state index contributed by atoms with van der Waals surface area (Å²) in [4.78, 5) is 15.7. The minimum Gasteiger partial charge on any atom is -0.460 e. The lowest BCUT2D eigenvalue weighted by molar-refractivity contribution is -0.136. The second kappa shape index (κ2) is 6.88. The number of nitrogens with zero attached hydrogens (tertiary/aromatic N) is 3. The molecule has 25 heavy (non-hydrogen) atoms. The third kappa shape index (κ3) is 3.39. The number of amidine groups is 1. The molecule has 132 valence electrons. The first-order valence-corrected chi connectivity index (χ1v) is 9.24. The summed E-state index contributed by atoms with van der Waals surface area (Å²) < 4.78 is 5.27. The minimum atomic E-state index is -0.391. The highest BCUT2D eigenvalue weighted by Gasteiger charge is 2.45. The number of carbonyl (C=O) groups is 1. The van der Waals surface area contributed by atoms with Gasteiger partial charge in [-0.1, -0.05) is 24.3 Å². The van der Waals surface area contributed by atoms with E-state index in [1.165, 1.54) is 0 Å². The number of esters is 1. The Morgan fingerprint density at radius 1 is 1.20 bits per heavy atom. The summed E-state index contributed by atoms with van der Waals surface area (Å²) in [5.74, 6) is -0.0472. The van der Waals surface area contributed by atoms with Crippen molar-refractivity contribution in [3.05, 3.63) is 52.7 Å². The van der Waals surface area contributed by atoms with Gasteiger partial charge in [0.25, 0.3) is 0 Å². The lowest BCUT2D eigenvalue weighted by atomic mass is 10.0. The Hall–Kier alpha value is -2.34. The van der Waals surface area contributed by atoms with E-state index in [0.29, 0.717) is 12.4 Å². The molecule has 0 saturated carbocycles. The van der Waals surface area contributed by atoms with E-state index in [4.69, 9.17) is 4.74 Å². The third-order valence-electron chi connectivity index (χ3n) is 3.91. The van der Waals surface area contributed by atoms with Crippen LogP contribution in [0, 0.1) is 0 Å². The number of benzene rings is 1. The molecule has 0 saturated heterocycles. The summed E-state index contributed by atoms with van der Waals surface area (Å²) in [7, 11) is 0. The van der Waals surface area contributed by atoms with Crippen molar-refractivity contribution in [2.24, 2.45) is 5.10 Å². The molecule has 1 unspecified atom stereocenters. The van der Waals surface area contributed by atoms with Gasteiger partial charge in [-0.2, -0.15) is 0 Å². The predicted molar refractivity (Wildman–Crippen MR) is 102 cm³/mol. The minimum absolute atomic E-state index is 0.179. The zero-order valence-corrected chi connectivity index (χ0v) is 15.8.